The van der Waals surface area contributed by atoms with Crippen molar-refractivity contribution in [1.82, 2.24) is 9.55 Å². The third-order valence-corrected chi connectivity index (χ3v) is 2.99. The molecule has 0 saturated carbocycles. The molecule has 1 heterocycles. The van der Waals surface area contributed by atoms with Crippen molar-refractivity contribution in [3.8, 4) is 0 Å². The van der Waals surface area contributed by atoms with Gasteiger partial charge in [-0.2, -0.15) is 0 Å². The number of nitrogens with zero attached hydrogens (tertiary/aromatic N) is 2. The van der Waals surface area contributed by atoms with Gasteiger partial charge in [0.05, 0.1) is 6.04 Å². The summed E-state index contributed by atoms with van der Waals surface area (Å²) in [5.41, 5.74) is 0.514. The maximum Gasteiger partial charge on any atom is 0.185 e. The van der Waals surface area contributed by atoms with E-state index in [1.165, 1.54) is 24.3 Å². The van der Waals surface area contributed by atoms with Crippen molar-refractivity contribution in [3.05, 3.63) is 53.9 Å². The molecule has 0 radical (unpaired) electrons. The topological polar surface area (TPSA) is 34.9 Å². The summed E-state index contributed by atoms with van der Waals surface area (Å²) in [6, 6.07) is 5.30. The van der Waals surface area contributed by atoms with Crippen LogP contribution < -0.4 is 0 Å². The molecule has 2 aromatic rings. The molecule has 0 aliphatic heterocycles. The number of carbonyl (C=O) groups is 1. The molecule has 1 unspecified atom stereocenters. The number of hydrogen-bond donors (Lipinski definition) is 0. The zero-order valence-electron chi connectivity index (χ0n) is 10.4. The van der Waals surface area contributed by atoms with Gasteiger partial charge in [-0.25, -0.2) is 9.37 Å². The third-order valence-electron chi connectivity index (χ3n) is 2.99. The second kappa shape index (κ2) is 5.12. The molecule has 1 aromatic heterocycles. The Hall–Kier alpha value is -1.97. The number of ketones is 1. The van der Waals surface area contributed by atoms with Gasteiger partial charge in [0.15, 0.2) is 5.78 Å². The zero-order valence-corrected chi connectivity index (χ0v) is 10.4. The Balaban J connectivity index is 2.26. The van der Waals surface area contributed by atoms with Gasteiger partial charge in [-0.1, -0.05) is 6.92 Å². The predicted octanol–water partition coefficient (Wildman–Crippen LogP) is 3.03. The van der Waals surface area contributed by atoms with Crippen molar-refractivity contribution in [2.75, 3.05) is 0 Å². The Morgan fingerprint density at radius 2 is 2.06 bits per heavy atom. The van der Waals surface area contributed by atoms with Crippen LogP contribution in [0.25, 0.3) is 0 Å². The van der Waals surface area contributed by atoms with Crippen molar-refractivity contribution in [1.29, 1.82) is 0 Å². The van der Waals surface area contributed by atoms with Crippen molar-refractivity contribution in [2.24, 2.45) is 0 Å². The Morgan fingerprint density at radius 1 is 1.39 bits per heavy atom. The van der Waals surface area contributed by atoms with Gasteiger partial charge < -0.3 is 4.57 Å². The second-order valence-electron chi connectivity index (χ2n) is 4.15. The summed E-state index contributed by atoms with van der Waals surface area (Å²) < 4.78 is 14.7. The highest BCUT2D eigenvalue weighted by atomic mass is 19.1. The summed E-state index contributed by atoms with van der Waals surface area (Å²) in [5, 5.41) is 0. The number of Topliss-reactive ketones (excluding diaryl/α,β-unsaturated/α-hetero) is 1. The fraction of sp³-hybridized carbons (Fsp3) is 0.286. The van der Waals surface area contributed by atoms with Crippen LogP contribution in [0.5, 0.6) is 0 Å². The average molecular weight is 246 g/mol. The Morgan fingerprint density at radius 3 is 2.67 bits per heavy atom. The Labute approximate surface area is 105 Å². The molecule has 3 nitrogen and oxygen atoms in total. The second-order valence-corrected chi connectivity index (χ2v) is 4.15. The fourth-order valence-corrected chi connectivity index (χ4v) is 1.95. The summed E-state index contributed by atoms with van der Waals surface area (Å²) >= 11 is 0. The molecule has 94 valence electrons. The molecule has 0 N–H and O–H groups in total. The van der Waals surface area contributed by atoms with Gasteiger partial charge in [-0.3, -0.25) is 4.79 Å². The van der Waals surface area contributed by atoms with E-state index in [9.17, 15) is 9.18 Å². The quantitative estimate of drug-likeness (QED) is 0.777. The van der Waals surface area contributed by atoms with Gasteiger partial charge in [0.25, 0.3) is 0 Å². The van der Waals surface area contributed by atoms with Crippen LogP contribution in [-0.4, -0.2) is 15.3 Å². The number of aromatic nitrogens is 2. The van der Waals surface area contributed by atoms with Crippen LogP contribution in [0.15, 0.2) is 36.7 Å². The molecule has 0 amide bonds. The van der Waals surface area contributed by atoms with E-state index >= 15 is 0 Å². The molecular weight excluding hydrogens is 231 g/mol. The first-order valence-electron chi connectivity index (χ1n) is 5.95. The number of carbonyl (C=O) groups excluding carboxylic acids is 1. The van der Waals surface area contributed by atoms with E-state index in [2.05, 4.69) is 4.98 Å². The zero-order chi connectivity index (χ0) is 13.1. The maximum absolute atomic E-state index is 12.8. The van der Waals surface area contributed by atoms with Gasteiger partial charge in [-0.15, -0.1) is 0 Å². The predicted molar refractivity (Wildman–Crippen MR) is 67.0 cm³/mol. The molecule has 4 heteroatoms. The number of aryl methyl sites for hydroxylation is 1. The molecule has 0 fully saturated rings. The first kappa shape index (κ1) is 12.5. The number of benzene rings is 1. The van der Waals surface area contributed by atoms with E-state index in [1.807, 2.05) is 18.4 Å². The number of hydrogen-bond acceptors (Lipinski definition) is 2. The summed E-state index contributed by atoms with van der Waals surface area (Å²) in [6.45, 7) is 3.82. The molecule has 2 rings (SSSR count). The molecule has 0 aliphatic rings. The highest BCUT2D eigenvalue weighted by Gasteiger charge is 2.18. The van der Waals surface area contributed by atoms with Crippen molar-refractivity contribution in [2.45, 2.75) is 26.3 Å². The Kier molecular flexibility index (Phi) is 3.55. The van der Waals surface area contributed by atoms with Gasteiger partial charge >= 0.3 is 0 Å². The van der Waals surface area contributed by atoms with E-state index in [4.69, 9.17) is 0 Å². The Bertz CT molecular complexity index is 545. The lowest BCUT2D eigenvalue weighted by molar-refractivity contribution is 0.0933. The van der Waals surface area contributed by atoms with E-state index < -0.39 is 0 Å². The maximum atomic E-state index is 12.8. The summed E-state index contributed by atoms with van der Waals surface area (Å²) in [7, 11) is 0. The van der Waals surface area contributed by atoms with Crippen LogP contribution in [0.4, 0.5) is 4.39 Å². The van der Waals surface area contributed by atoms with Gasteiger partial charge in [-0.05, 0) is 31.2 Å². The van der Waals surface area contributed by atoms with Crippen molar-refractivity contribution >= 4 is 5.78 Å². The minimum absolute atomic E-state index is 0.0392. The normalized spacial score (nSPS) is 12.4. The van der Waals surface area contributed by atoms with Crippen LogP contribution >= 0.6 is 0 Å². The van der Waals surface area contributed by atoms with Crippen LogP contribution in [0.2, 0.25) is 0 Å². The van der Waals surface area contributed by atoms with E-state index in [1.54, 1.807) is 12.4 Å². The molecular formula is C14H15FN2O. The summed E-state index contributed by atoms with van der Waals surface area (Å²) in [6.07, 6.45) is 4.26. The highest BCUT2D eigenvalue weighted by Crippen LogP contribution is 2.16. The summed E-state index contributed by atoms with van der Waals surface area (Å²) in [5.74, 6) is 0.497. The fourth-order valence-electron chi connectivity index (χ4n) is 1.95. The van der Waals surface area contributed by atoms with Crippen LogP contribution in [0, 0.1) is 5.82 Å². The third kappa shape index (κ3) is 2.32. The monoisotopic (exact) mass is 246 g/mol. The lowest BCUT2D eigenvalue weighted by Crippen LogP contribution is -2.18. The van der Waals surface area contributed by atoms with E-state index in [0.717, 1.165) is 12.2 Å². The standard InChI is InChI=1S/C14H15FN2O/c1-3-13-16-8-9-17(13)10(2)14(18)11-4-6-12(15)7-5-11/h4-10H,3H2,1-2H3. The first-order valence-corrected chi connectivity index (χ1v) is 5.95. The van der Waals surface area contributed by atoms with Crippen molar-refractivity contribution < 1.29 is 9.18 Å². The molecule has 1 atom stereocenters. The molecule has 0 spiro atoms. The van der Waals surface area contributed by atoms with E-state index in [-0.39, 0.29) is 17.6 Å². The molecule has 0 aliphatic carbocycles. The number of halogens is 1. The lowest BCUT2D eigenvalue weighted by atomic mass is 10.1. The van der Waals surface area contributed by atoms with Gasteiger partial charge in [0.2, 0.25) is 0 Å². The smallest absolute Gasteiger partial charge is 0.185 e. The van der Waals surface area contributed by atoms with Gasteiger partial charge in [0.1, 0.15) is 11.6 Å². The average Bonchev–Trinajstić information content (AvgIpc) is 2.86. The minimum Gasteiger partial charge on any atom is -0.324 e. The molecule has 0 bridgehead atoms. The van der Waals surface area contributed by atoms with Gasteiger partial charge in [0, 0.05) is 24.4 Å². The van der Waals surface area contributed by atoms with Crippen molar-refractivity contribution in [3.63, 3.8) is 0 Å². The van der Waals surface area contributed by atoms with Crippen LogP contribution in [0.1, 0.15) is 36.1 Å². The summed E-state index contributed by atoms with van der Waals surface area (Å²) in [4.78, 5) is 16.4. The largest absolute Gasteiger partial charge is 0.324 e. The molecule has 1 aromatic carbocycles. The van der Waals surface area contributed by atoms with E-state index in [0.29, 0.717) is 5.56 Å². The first-order chi connectivity index (χ1) is 8.63. The van der Waals surface area contributed by atoms with Crippen LogP contribution in [-0.2, 0) is 6.42 Å². The highest BCUT2D eigenvalue weighted by molar-refractivity contribution is 5.98. The molecule has 0 saturated heterocycles. The minimum atomic E-state index is -0.337. The number of imidazole rings is 1. The lowest BCUT2D eigenvalue weighted by Gasteiger charge is -2.14. The van der Waals surface area contributed by atoms with Crippen LogP contribution in [0.3, 0.4) is 0 Å². The SMILES string of the molecule is CCc1nccn1C(C)C(=O)c1ccc(F)cc1. The molecule has 18 heavy (non-hydrogen) atoms. The number of rotatable bonds is 4.